The van der Waals surface area contributed by atoms with Crippen molar-refractivity contribution in [1.29, 1.82) is 0 Å². The van der Waals surface area contributed by atoms with Gasteiger partial charge in [0.1, 0.15) is 0 Å². The zero-order valence-corrected chi connectivity index (χ0v) is 15.0. The molecule has 4 unspecified atom stereocenters. The average Bonchev–Trinajstić information content (AvgIpc) is 2.69. The van der Waals surface area contributed by atoms with E-state index in [0.717, 1.165) is 17.8 Å². The number of hydrogen-bond acceptors (Lipinski definition) is 1. The Morgan fingerprint density at radius 2 is 1.48 bits per heavy atom. The van der Waals surface area contributed by atoms with Gasteiger partial charge in [0, 0.05) is 6.04 Å². The Kier molecular flexibility index (Phi) is 3.44. The maximum atomic E-state index is 2.69. The predicted molar refractivity (Wildman–Crippen MR) is 91.2 cm³/mol. The summed E-state index contributed by atoms with van der Waals surface area (Å²) in [6, 6.07) is 0.709. The van der Waals surface area contributed by atoms with E-state index in [2.05, 4.69) is 65.8 Å². The zero-order chi connectivity index (χ0) is 15.6. The Balaban J connectivity index is 2.05. The van der Waals surface area contributed by atoms with E-state index in [0.29, 0.717) is 16.9 Å². The number of allylic oxidation sites excluding steroid dienone is 3. The molecule has 2 fully saturated rings. The third-order valence-corrected chi connectivity index (χ3v) is 6.58. The molecular formula is C20H33N. The summed E-state index contributed by atoms with van der Waals surface area (Å²) in [5.41, 5.74) is 4.06. The molecule has 0 amide bonds. The Morgan fingerprint density at radius 1 is 0.952 bits per heavy atom. The predicted octanol–water partition coefficient (Wildman–Crippen LogP) is 4.90. The Hall–Kier alpha value is -0.560. The van der Waals surface area contributed by atoms with Crippen molar-refractivity contribution in [2.24, 2.45) is 28.6 Å². The van der Waals surface area contributed by atoms with Crippen LogP contribution in [0.5, 0.6) is 0 Å². The van der Waals surface area contributed by atoms with E-state index >= 15 is 0 Å². The van der Waals surface area contributed by atoms with Crippen molar-refractivity contribution in [2.75, 3.05) is 14.1 Å². The second-order valence-electron chi connectivity index (χ2n) is 9.34. The van der Waals surface area contributed by atoms with Gasteiger partial charge in [0.2, 0.25) is 0 Å². The lowest BCUT2D eigenvalue weighted by Gasteiger charge is -2.47. The molecule has 118 valence electrons. The van der Waals surface area contributed by atoms with Crippen molar-refractivity contribution in [3.63, 3.8) is 0 Å². The summed E-state index contributed by atoms with van der Waals surface area (Å²) in [4.78, 5) is 2.46. The van der Waals surface area contributed by atoms with Crippen LogP contribution in [0.2, 0.25) is 0 Å². The highest BCUT2D eigenvalue weighted by molar-refractivity contribution is 5.46. The van der Waals surface area contributed by atoms with Gasteiger partial charge in [-0.25, -0.2) is 0 Å². The lowest BCUT2D eigenvalue weighted by atomic mass is 9.58. The fourth-order valence-corrected chi connectivity index (χ4v) is 5.27. The van der Waals surface area contributed by atoms with E-state index in [-0.39, 0.29) is 0 Å². The van der Waals surface area contributed by atoms with Gasteiger partial charge in [-0.1, -0.05) is 46.8 Å². The largest absolute Gasteiger partial charge is 0.306 e. The monoisotopic (exact) mass is 287 g/mol. The van der Waals surface area contributed by atoms with Gasteiger partial charge in [0.25, 0.3) is 0 Å². The van der Waals surface area contributed by atoms with E-state index in [4.69, 9.17) is 0 Å². The fraction of sp³-hybridized carbons (Fsp3) is 0.800. The minimum atomic E-state index is 0.356. The molecule has 0 radical (unpaired) electrons. The van der Waals surface area contributed by atoms with Crippen LogP contribution in [0.3, 0.4) is 0 Å². The summed E-state index contributed by atoms with van der Waals surface area (Å²) in [7, 11) is 4.52. The molecule has 2 saturated carbocycles. The van der Waals surface area contributed by atoms with Crippen molar-refractivity contribution in [1.82, 2.24) is 4.90 Å². The molecule has 1 nitrogen and oxygen atoms in total. The number of fused-ring (bicyclic) bond motifs is 2. The summed E-state index contributed by atoms with van der Waals surface area (Å²) in [5.74, 6) is 2.29. The van der Waals surface area contributed by atoms with Crippen LogP contribution >= 0.6 is 0 Å². The molecule has 4 atom stereocenters. The fourth-order valence-electron chi connectivity index (χ4n) is 5.27. The first kappa shape index (κ1) is 15.3. The van der Waals surface area contributed by atoms with Gasteiger partial charge in [-0.15, -0.1) is 0 Å². The topological polar surface area (TPSA) is 3.24 Å². The van der Waals surface area contributed by atoms with Crippen LogP contribution in [0.4, 0.5) is 0 Å². The highest BCUT2D eigenvalue weighted by Gasteiger charge is 2.47. The second kappa shape index (κ2) is 4.72. The Morgan fingerprint density at radius 3 is 2.00 bits per heavy atom. The highest BCUT2D eigenvalue weighted by Crippen LogP contribution is 2.57. The summed E-state index contributed by atoms with van der Waals surface area (Å²) < 4.78 is 0. The van der Waals surface area contributed by atoms with Crippen LogP contribution in [-0.2, 0) is 0 Å². The van der Waals surface area contributed by atoms with Crippen molar-refractivity contribution >= 4 is 0 Å². The number of nitrogens with zero attached hydrogens (tertiary/aromatic N) is 1. The normalized spacial score (nSPS) is 40.4. The van der Waals surface area contributed by atoms with Crippen LogP contribution in [0, 0.1) is 28.6 Å². The zero-order valence-electron chi connectivity index (χ0n) is 15.0. The summed E-state index contributed by atoms with van der Waals surface area (Å²) in [6.45, 7) is 12.2. The molecule has 0 bridgehead atoms. The third-order valence-electron chi connectivity index (χ3n) is 6.58. The molecule has 0 aromatic carbocycles. The molecule has 1 heteroatoms. The van der Waals surface area contributed by atoms with Gasteiger partial charge in [-0.05, 0) is 73.1 Å². The average molecular weight is 287 g/mol. The van der Waals surface area contributed by atoms with Crippen LogP contribution < -0.4 is 0 Å². The molecule has 3 aliphatic rings. The summed E-state index contributed by atoms with van der Waals surface area (Å²) >= 11 is 0. The molecule has 0 N–H and O–H groups in total. The van der Waals surface area contributed by atoms with Gasteiger partial charge in [0.15, 0.2) is 0 Å². The maximum Gasteiger partial charge on any atom is 0.0184 e. The maximum absolute atomic E-state index is 2.69. The van der Waals surface area contributed by atoms with E-state index < -0.39 is 0 Å². The Labute approximate surface area is 131 Å². The van der Waals surface area contributed by atoms with Crippen molar-refractivity contribution < 1.29 is 0 Å². The molecule has 0 saturated heterocycles. The molecule has 3 aliphatic carbocycles. The summed E-state index contributed by atoms with van der Waals surface area (Å²) in [6.07, 6.45) is 9.38. The van der Waals surface area contributed by atoms with Crippen LogP contribution in [-0.4, -0.2) is 25.0 Å². The van der Waals surface area contributed by atoms with Gasteiger partial charge in [0.05, 0.1) is 0 Å². The standard InChI is InChI=1S/C20H33N/c1-13-10-14-11-16-17(12-15(14)18(13)21(6)7)20(4,5)9-8-19(16,2)3/h11-15,18H,8-10H2,1-7H3. The van der Waals surface area contributed by atoms with Crippen LogP contribution in [0.25, 0.3) is 0 Å². The van der Waals surface area contributed by atoms with E-state index in [1.54, 1.807) is 11.1 Å². The second-order valence-corrected chi connectivity index (χ2v) is 9.34. The smallest absolute Gasteiger partial charge is 0.0184 e. The van der Waals surface area contributed by atoms with Crippen LogP contribution in [0.15, 0.2) is 23.3 Å². The first-order valence-corrected chi connectivity index (χ1v) is 8.75. The van der Waals surface area contributed by atoms with Gasteiger partial charge >= 0.3 is 0 Å². The van der Waals surface area contributed by atoms with Crippen molar-refractivity contribution in [3.8, 4) is 0 Å². The number of rotatable bonds is 1. The lowest BCUT2D eigenvalue weighted by molar-refractivity contribution is 0.206. The quantitative estimate of drug-likeness (QED) is 0.663. The summed E-state index contributed by atoms with van der Waals surface area (Å²) in [5, 5.41) is 0. The molecule has 3 rings (SSSR count). The number of hydrogen-bond donors (Lipinski definition) is 0. The van der Waals surface area contributed by atoms with Gasteiger partial charge < -0.3 is 4.90 Å². The molecule has 0 spiro atoms. The molecule has 0 aromatic heterocycles. The van der Waals surface area contributed by atoms with E-state index in [9.17, 15) is 0 Å². The molecule has 0 heterocycles. The third kappa shape index (κ3) is 2.32. The molecule has 0 aromatic rings. The first-order chi connectivity index (χ1) is 9.63. The molecule has 21 heavy (non-hydrogen) atoms. The van der Waals surface area contributed by atoms with Gasteiger partial charge in [-0.2, -0.15) is 0 Å². The molecular weight excluding hydrogens is 254 g/mol. The lowest BCUT2D eigenvalue weighted by Crippen LogP contribution is -2.39. The molecule has 0 aliphatic heterocycles. The highest BCUT2D eigenvalue weighted by atomic mass is 15.1. The Bertz CT molecular complexity index is 492. The van der Waals surface area contributed by atoms with Crippen molar-refractivity contribution in [2.45, 2.75) is 59.9 Å². The minimum Gasteiger partial charge on any atom is -0.306 e. The van der Waals surface area contributed by atoms with E-state index in [1.807, 2.05) is 0 Å². The first-order valence-electron chi connectivity index (χ1n) is 8.75. The van der Waals surface area contributed by atoms with Gasteiger partial charge in [-0.3, -0.25) is 0 Å². The van der Waals surface area contributed by atoms with Crippen molar-refractivity contribution in [3.05, 3.63) is 23.3 Å². The van der Waals surface area contributed by atoms with Crippen LogP contribution in [0.1, 0.15) is 53.9 Å². The van der Waals surface area contributed by atoms with E-state index in [1.165, 1.54) is 19.3 Å². The SMILES string of the molecule is CC1CC2C=C3C(=CC2C1N(C)C)C(C)(C)CCC3(C)C. The minimum absolute atomic E-state index is 0.356.